The van der Waals surface area contributed by atoms with Crippen molar-refractivity contribution in [1.82, 2.24) is 0 Å². The Balaban J connectivity index is 2.56. The Labute approximate surface area is 115 Å². The summed E-state index contributed by atoms with van der Waals surface area (Å²) < 4.78 is 12.4. The molecule has 2 nitrogen and oxygen atoms in total. The fraction of sp³-hybridized carbons (Fsp3) is 0.933. The highest BCUT2D eigenvalue weighted by Crippen LogP contribution is 2.34. The van der Waals surface area contributed by atoms with Crippen molar-refractivity contribution < 1.29 is 4.21 Å². The Morgan fingerprint density at radius 2 is 2.11 bits per heavy atom. The lowest BCUT2D eigenvalue weighted by Crippen LogP contribution is -2.33. The van der Waals surface area contributed by atoms with Gasteiger partial charge in [0, 0.05) is 16.6 Å². The van der Waals surface area contributed by atoms with Gasteiger partial charge in [-0.2, -0.15) is 5.26 Å². The summed E-state index contributed by atoms with van der Waals surface area (Å²) in [4.78, 5) is 0. The van der Waals surface area contributed by atoms with Gasteiger partial charge in [-0.1, -0.05) is 33.6 Å². The third-order valence-electron chi connectivity index (χ3n) is 4.00. The van der Waals surface area contributed by atoms with E-state index in [2.05, 4.69) is 26.8 Å². The minimum Gasteiger partial charge on any atom is -0.259 e. The standard InChI is InChI=1S/C15H27NOS/c1-4-5-13-6-7-14(11-16)15(10-13)18(17)9-8-12(2)3/h12-15H,4-10H2,1-3H3. The van der Waals surface area contributed by atoms with Crippen LogP contribution in [0.15, 0.2) is 0 Å². The minimum atomic E-state index is -0.804. The Kier molecular flexibility index (Phi) is 6.92. The summed E-state index contributed by atoms with van der Waals surface area (Å²) in [5.74, 6) is 2.11. The van der Waals surface area contributed by atoms with Gasteiger partial charge in [-0.05, 0) is 37.5 Å². The number of hydrogen-bond acceptors (Lipinski definition) is 2. The SMILES string of the molecule is CCCC1CCC(C#N)C(S(=O)CCC(C)C)C1. The quantitative estimate of drug-likeness (QED) is 0.734. The van der Waals surface area contributed by atoms with Crippen LogP contribution >= 0.6 is 0 Å². The van der Waals surface area contributed by atoms with Crippen molar-refractivity contribution in [2.75, 3.05) is 5.75 Å². The maximum absolute atomic E-state index is 12.4. The molecule has 104 valence electrons. The molecule has 0 heterocycles. The van der Waals surface area contributed by atoms with Crippen LogP contribution < -0.4 is 0 Å². The molecular weight excluding hydrogens is 242 g/mol. The van der Waals surface area contributed by atoms with Crippen LogP contribution in [0, 0.1) is 29.1 Å². The first-order valence-corrected chi connectivity index (χ1v) is 8.73. The molecule has 1 saturated carbocycles. The molecule has 0 aliphatic heterocycles. The smallest absolute Gasteiger partial charge is 0.0668 e. The van der Waals surface area contributed by atoms with E-state index in [4.69, 9.17) is 0 Å². The number of hydrogen-bond donors (Lipinski definition) is 0. The van der Waals surface area contributed by atoms with Crippen LogP contribution in [0.5, 0.6) is 0 Å². The van der Waals surface area contributed by atoms with Gasteiger partial charge in [0.1, 0.15) is 0 Å². The van der Waals surface area contributed by atoms with Crippen LogP contribution in [0.4, 0.5) is 0 Å². The first kappa shape index (κ1) is 15.7. The monoisotopic (exact) mass is 269 g/mol. The molecule has 1 rings (SSSR count). The van der Waals surface area contributed by atoms with Gasteiger partial charge in [0.05, 0.1) is 17.2 Å². The van der Waals surface area contributed by atoms with E-state index in [0.717, 1.165) is 31.4 Å². The first-order valence-electron chi connectivity index (χ1n) is 7.35. The highest BCUT2D eigenvalue weighted by Gasteiger charge is 2.33. The summed E-state index contributed by atoms with van der Waals surface area (Å²) in [6.45, 7) is 6.54. The van der Waals surface area contributed by atoms with Crippen molar-refractivity contribution >= 4 is 10.8 Å². The molecule has 0 amide bonds. The van der Waals surface area contributed by atoms with Crippen LogP contribution in [0.25, 0.3) is 0 Å². The van der Waals surface area contributed by atoms with Gasteiger partial charge in [0.2, 0.25) is 0 Å². The van der Waals surface area contributed by atoms with Crippen molar-refractivity contribution in [1.29, 1.82) is 5.26 Å². The lowest BCUT2D eigenvalue weighted by molar-refractivity contribution is 0.303. The zero-order chi connectivity index (χ0) is 13.5. The average Bonchev–Trinajstić information content (AvgIpc) is 2.36. The molecule has 0 aromatic heterocycles. The van der Waals surface area contributed by atoms with Crippen LogP contribution in [-0.4, -0.2) is 15.2 Å². The predicted molar refractivity (Wildman–Crippen MR) is 77.6 cm³/mol. The van der Waals surface area contributed by atoms with Crippen LogP contribution in [0.2, 0.25) is 0 Å². The van der Waals surface area contributed by atoms with E-state index in [1.807, 2.05) is 0 Å². The van der Waals surface area contributed by atoms with Gasteiger partial charge in [0.25, 0.3) is 0 Å². The van der Waals surface area contributed by atoms with E-state index in [0.29, 0.717) is 11.8 Å². The van der Waals surface area contributed by atoms with Crippen molar-refractivity contribution in [2.24, 2.45) is 17.8 Å². The second kappa shape index (κ2) is 7.94. The van der Waals surface area contributed by atoms with Crippen LogP contribution in [0.1, 0.15) is 59.3 Å². The van der Waals surface area contributed by atoms with Gasteiger partial charge in [-0.15, -0.1) is 0 Å². The fourth-order valence-corrected chi connectivity index (χ4v) is 4.88. The summed E-state index contributed by atoms with van der Waals surface area (Å²) in [7, 11) is -0.804. The van der Waals surface area contributed by atoms with Crippen LogP contribution in [-0.2, 0) is 10.8 Å². The third-order valence-corrected chi connectivity index (χ3v) is 5.83. The molecule has 1 fully saturated rings. The van der Waals surface area contributed by atoms with E-state index >= 15 is 0 Å². The molecule has 0 bridgehead atoms. The summed E-state index contributed by atoms with van der Waals surface area (Å²) in [6.07, 6.45) is 6.57. The highest BCUT2D eigenvalue weighted by molar-refractivity contribution is 7.85. The molecular formula is C15H27NOS. The second-order valence-electron chi connectivity index (χ2n) is 6.01. The number of nitriles is 1. The second-order valence-corrected chi connectivity index (χ2v) is 7.78. The normalized spacial score (nSPS) is 30.1. The maximum atomic E-state index is 12.4. The van der Waals surface area contributed by atoms with E-state index in [1.54, 1.807) is 0 Å². The zero-order valence-electron chi connectivity index (χ0n) is 12.0. The average molecular weight is 269 g/mol. The van der Waals surface area contributed by atoms with Crippen molar-refractivity contribution in [3.8, 4) is 6.07 Å². The van der Waals surface area contributed by atoms with E-state index < -0.39 is 10.8 Å². The number of nitrogens with zero attached hydrogens (tertiary/aromatic N) is 1. The molecule has 0 saturated heterocycles. The van der Waals surface area contributed by atoms with Crippen LogP contribution in [0.3, 0.4) is 0 Å². The van der Waals surface area contributed by atoms with Gasteiger partial charge in [-0.3, -0.25) is 4.21 Å². The lowest BCUT2D eigenvalue weighted by atomic mass is 9.80. The maximum Gasteiger partial charge on any atom is 0.0668 e. The molecule has 3 heteroatoms. The molecule has 1 aliphatic carbocycles. The highest BCUT2D eigenvalue weighted by atomic mass is 32.2. The Morgan fingerprint density at radius 1 is 1.39 bits per heavy atom. The Hall–Kier alpha value is -0.360. The van der Waals surface area contributed by atoms with Gasteiger partial charge >= 0.3 is 0 Å². The minimum absolute atomic E-state index is 0.0334. The summed E-state index contributed by atoms with van der Waals surface area (Å²) in [5, 5.41) is 9.36. The molecule has 0 aromatic rings. The van der Waals surface area contributed by atoms with E-state index in [9.17, 15) is 9.47 Å². The molecule has 0 N–H and O–H groups in total. The predicted octanol–water partition coefficient (Wildman–Crippen LogP) is 3.89. The first-order chi connectivity index (χ1) is 8.58. The Morgan fingerprint density at radius 3 is 2.67 bits per heavy atom. The van der Waals surface area contributed by atoms with Gasteiger partial charge in [-0.25, -0.2) is 0 Å². The van der Waals surface area contributed by atoms with Crippen molar-refractivity contribution in [3.63, 3.8) is 0 Å². The number of rotatable bonds is 6. The molecule has 0 radical (unpaired) electrons. The summed E-state index contributed by atoms with van der Waals surface area (Å²) in [5.41, 5.74) is 0. The fourth-order valence-electron chi connectivity index (χ4n) is 2.82. The lowest BCUT2D eigenvalue weighted by Gasteiger charge is -2.32. The van der Waals surface area contributed by atoms with E-state index in [-0.39, 0.29) is 11.2 Å². The molecule has 4 unspecified atom stereocenters. The van der Waals surface area contributed by atoms with Crippen molar-refractivity contribution in [2.45, 2.75) is 64.5 Å². The van der Waals surface area contributed by atoms with Gasteiger partial charge in [0.15, 0.2) is 0 Å². The van der Waals surface area contributed by atoms with E-state index in [1.165, 1.54) is 12.8 Å². The molecule has 0 spiro atoms. The molecule has 0 aromatic carbocycles. The van der Waals surface area contributed by atoms with Crippen molar-refractivity contribution in [3.05, 3.63) is 0 Å². The summed E-state index contributed by atoms with van der Waals surface area (Å²) in [6, 6.07) is 2.39. The zero-order valence-corrected chi connectivity index (χ0v) is 12.8. The topological polar surface area (TPSA) is 40.9 Å². The molecule has 4 atom stereocenters. The third kappa shape index (κ3) is 4.72. The molecule has 18 heavy (non-hydrogen) atoms. The molecule has 1 aliphatic rings. The largest absolute Gasteiger partial charge is 0.259 e. The van der Waals surface area contributed by atoms with Gasteiger partial charge < -0.3 is 0 Å². The Bertz CT molecular complexity index is 308. The summed E-state index contributed by atoms with van der Waals surface area (Å²) >= 11 is 0.